The summed E-state index contributed by atoms with van der Waals surface area (Å²) < 4.78 is 13.9. The largest absolute Gasteiger partial charge is 0.338 e. The lowest BCUT2D eigenvalue weighted by atomic mass is 10.2. The van der Waals surface area contributed by atoms with Crippen LogP contribution in [-0.4, -0.2) is 55.5 Å². The van der Waals surface area contributed by atoms with Gasteiger partial charge in [0.25, 0.3) is 0 Å². The minimum atomic E-state index is -0.568. The second-order valence-electron chi connectivity index (χ2n) is 5.57. The van der Waals surface area contributed by atoms with Gasteiger partial charge in [0.05, 0.1) is 18.3 Å². The highest BCUT2D eigenvalue weighted by Gasteiger charge is 2.36. The molecule has 24 heavy (non-hydrogen) atoms. The minimum absolute atomic E-state index is 0.0986. The van der Waals surface area contributed by atoms with E-state index in [0.29, 0.717) is 19.5 Å². The summed E-state index contributed by atoms with van der Waals surface area (Å²) in [6, 6.07) is 5.00. The predicted molar refractivity (Wildman–Crippen MR) is 87.0 cm³/mol. The first kappa shape index (κ1) is 17.9. The summed E-state index contributed by atoms with van der Waals surface area (Å²) in [6.07, 6.45) is 0.484. The highest BCUT2D eigenvalue weighted by Crippen LogP contribution is 2.26. The lowest BCUT2D eigenvalue weighted by molar-refractivity contribution is -0.124. The standard InChI is InChI=1S/C16H21FN4O3/c1-3-18-16(24)19-14(22)10-20(2)13-8-9-21(15(13)23)12-7-5-4-6-11(12)17/h4-7,13H,3,8-10H2,1-2H3,(H2,18,19,22,24)/t13-/m1/s1. The van der Waals surface area contributed by atoms with Gasteiger partial charge in [0.2, 0.25) is 11.8 Å². The molecule has 1 heterocycles. The fourth-order valence-corrected chi connectivity index (χ4v) is 2.69. The first-order valence-corrected chi connectivity index (χ1v) is 7.77. The van der Waals surface area contributed by atoms with Crippen LogP contribution in [-0.2, 0) is 9.59 Å². The molecule has 0 bridgehead atoms. The van der Waals surface area contributed by atoms with Gasteiger partial charge in [0.1, 0.15) is 5.82 Å². The van der Waals surface area contributed by atoms with Crippen LogP contribution in [0.4, 0.5) is 14.9 Å². The molecule has 4 amide bonds. The number of amides is 4. The number of nitrogens with one attached hydrogen (secondary N) is 2. The molecule has 1 aliphatic heterocycles. The Morgan fingerprint density at radius 2 is 2.08 bits per heavy atom. The SMILES string of the molecule is CCNC(=O)NC(=O)CN(C)[C@@H]1CCN(c2ccccc2F)C1=O. The first-order valence-electron chi connectivity index (χ1n) is 7.77. The van der Waals surface area contributed by atoms with Crippen molar-refractivity contribution < 1.29 is 18.8 Å². The van der Waals surface area contributed by atoms with Crippen molar-refractivity contribution in [2.75, 3.05) is 31.6 Å². The van der Waals surface area contributed by atoms with Gasteiger partial charge >= 0.3 is 6.03 Å². The van der Waals surface area contributed by atoms with E-state index in [9.17, 15) is 18.8 Å². The second kappa shape index (κ2) is 7.87. The number of rotatable bonds is 5. The molecule has 1 aromatic carbocycles. The summed E-state index contributed by atoms with van der Waals surface area (Å²) in [6.45, 7) is 2.43. The zero-order valence-electron chi connectivity index (χ0n) is 13.7. The first-order chi connectivity index (χ1) is 11.4. The maximum Gasteiger partial charge on any atom is 0.321 e. The normalized spacial score (nSPS) is 17.2. The van der Waals surface area contributed by atoms with Crippen LogP contribution in [0.5, 0.6) is 0 Å². The molecule has 0 aliphatic carbocycles. The van der Waals surface area contributed by atoms with E-state index in [-0.39, 0.29) is 18.1 Å². The van der Waals surface area contributed by atoms with Crippen molar-refractivity contribution in [1.29, 1.82) is 0 Å². The molecule has 1 aromatic rings. The summed E-state index contributed by atoms with van der Waals surface area (Å²) in [7, 11) is 1.63. The van der Waals surface area contributed by atoms with Crippen molar-refractivity contribution in [1.82, 2.24) is 15.5 Å². The Bertz CT molecular complexity index is 638. The van der Waals surface area contributed by atoms with Gasteiger partial charge in [-0.25, -0.2) is 9.18 Å². The molecule has 0 spiro atoms. The molecule has 0 radical (unpaired) electrons. The van der Waals surface area contributed by atoms with E-state index in [0.717, 1.165) is 0 Å². The molecule has 130 valence electrons. The van der Waals surface area contributed by atoms with Crippen LogP contribution in [0.25, 0.3) is 0 Å². The zero-order chi connectivity index (χ0) is 17.7. The number of para-hydroxylation sites is 1. The van der Waals surface area contributed by atoms with E-state index in [2.05, 4.69) is 10.6 Å². The van der Waals surface area contributed by atoms with Crippen molar-refractivity contribution in [3.8, 4) is 0 Å². The van der Waals surface area contributed by atoms with Gasteiger partial charge in [0, 0.05) is 13.1 Å². The van der Waals surface area contributed by atoms with Crippen molar-refractivity contribution in [2.45, 2.75) is 19.4 Å². The molecule has 1 saturated heterocycles. The summed E-state index contributed by atoms with van der Waals surface area (Å²) in [5.41, 5.74) is 0.241. The van der Waals surface area contributed by atoms with Crippen LogP contribution >= 0.6 is 0 Å². The number of anilines is 1. The summed E-state index contributed by atoms with van der Waals surface area (Å²) in [4.78, 5) is 38.6. The lowest BCUT2D eigenvalue weighted by Crippen LogP contribution is -2.47. The third kappa shape index (κ3) is 4.08. The van der Waals surface area contributed by atoms with Crippen molar-refractivity contribution in [2.24, 2.45) is 0 Å². The monoisotopic (exact) mass is 336 g/mol. The maximum atomic E-state index is 13.9. The van der Waals surface area contributed by atoms with Crippen LogP contribution in [0.2, 0.25) is 0 Å². The van der Waals surface area contributed by atoms with E-state index >= 15 is 0 Å². The molecule has 0 aromatic heterocycles. The highest BCUT2D eigenvalue weighted by atomic mass is 19.1. The van der Waals surface area contributed by atoms with Gasteiger partial charge in [-0.15, -0.1) is 0 Å². The van der Waals surface area contributed by atoms with Crippen LogP contribution in [0, 0.1) is 5.82 Å². The molecule has 1 fully saturated rings. The number of hydrogen-bond acceptors (Lipinski definition) is 4. The van der Waals surface area contributed by atoms with Crippen molar-refractivity contribution in [3.05, 3.63) is 30.1 Å². The Balaban J connectivity index is 1.96. The molecule has 0 saturated carbocycles. The fraction of sp³-hybridized carbons (Fsp3) is 0.438. The molecule has 2 rings (SSSR count). The van der Waals surface area contributed by atoms with Gasteiger partial charge in [-0.1, -0.05) is 12.1 Å². The van der Waals surface area contributed by atoms with Crippen LogP contribution < -0.4 is 15.5 Å². The molecule has 2 N–H and O–H groups in total. The third-order valence-electron chi connectivity index (χ3n) is 3.84. The number of nitrogens with zero attached hydrogens (tertiary/aromatic N) is 2. The van der Waals surface area contributed by atoms with Crippen molar-refractivity contribution in [3.63, 3.8) is 0 Å². The highest BCUT2D eigenvalue weighted by molar-refractivity contribution is 6.00. The van der Waals surface area contributed by atoms with Crippen molar-refractivity contribution >= 4 is 23.5 Å². The van der Waals surface area contributed by atoms with Crippen LogP contribution in [0.15, 0.2) is 24.3 Å². The van der Waals surface area contributed by atoms with Crippen LogP contribution in [0.3, 0.4) is 0 Å². The average molecular weight is 336 g/mol. The number of imide groups is 1. The lowest BCUT2D eigenvalue weighted by Gasteiger charge is -2.23. The number of carbonyl (C=O) groups is 3. The Labute approximate surface area is 139 Å². The van der Waals surface area contributed by atoms with E-state index in [1.165, 1.54) is 11.0 Å². The molecule has 8 heteroatoms. The average Bonchev–Trinajstić information content (AvgIpc) is 2.89. The van der Waals surface area contributed by atoms with Gasteiger partial charge < -0.3 is 10.2 Å². The molecule has 0 unspecified atom stereocenters. The number of carbonyl (C=O) groups excluding carboxylic acids is 3. The van der Waals surface area contributed by atoms with E-state index in [1.807, 2.05) is 0 Å². The Hall–Kier alpha value is -2.48. The third-order valence-corrected chi connectivity index (χ3v) is 3.84. The van der Waals surface area contributed by atoms with Gasteiger partial charge in [-0.3, -0.25) is 19.8 Å². The summed E-state index contributed by atoms with van der Waals surface area (Å²) >= 11 is 0. The van der Waals surface area contributed by atoms with Gasteiger partial charge in [-0.05, 0) is 32.5 Å². The predicted octanol–water partition coefficient (Wildman–Crippen LogP) is 0.709. The second-order valence-corrected chi connectivity index (χ2v) is 5.57. The van der Waals surface area contributed by atoms with E-state index in [1.54, 1.807) is 37.1 Å². The molecule has 1 atom stereocenters. The maximum absolute atomic E-state index is 13.9. The molecule has 7 nitrogen and oxygen atoms in total. The molecular weight excluding hydrogens is 315 g/mol. The minimum Gasteiger partial charge on any atom is -0.338 e. The van der Waals surface area contributed by atoms with E-state index in [4.69, 9.17) is 0 Å². The Morgan fingerprint density at radius 1 is 1.38 bits per heavy atom. The van der Waals surface area contributed by atoms with E-state index < -0.39 is 23.8 Å². The Morgan fingerprint density at radius 3 is 2.75 bits per heavy atom. The number of halogens is 1. The summed E-state index contributed by atoms with van der Waals surface area (Å²) in [5, 5.41) is 4.64. The quantitative estimate of drug-likeness (QED) is 0.830. The number of benzene rings is 1. The number of hydrogen-bond donors (Lipinski definition) is 2. The smallest absolute Gasteiger partial charge is 0.321 e. The summed E-state index contributed by atoms with van der Waals surface area (Å²) in [5.74, 6) is -1.21. The van der Waals surface area contributed by atoms with Crippen LogP contribution in [0.1, 0.15) is 13.3 Å². The van der Waals surface area contributed by atoms with Gasteiger partial charge in [0.15, 0.2) is 0 Å². The molecule has 1 aliphatic rings. The molecular formula is C16H21FN4O3. The Kier molecular flexibility index (Phi) is 5.86. The number of likely N-dealkylation sites (N-methyl/N-ethyl adjacent to an activating group) is 1. The number of urea groups is 1. The topological polar surface area (TPSA) is 81.8 Å². The zero-order valence-corrected chi connectivity index (χ0v) is 13.7. The van der Waals surface area contributed by atoms with Gasteiger partial charge in [-0.2, -0.15) is 0 Å². The fourth-order valence-electron chi connectivity index (χ4n) is 2.69.